The predicted octanol–water partition coefficient (Wildman–Crippen LogP) is 8.85. The van der Waals surface area contributed by atoms with Crippen LogP contribution >= 0.6 is 0 Å². The van der Waals surface area contributed by atoms with E-state index in [2.05, 4.69) is 20.3 Å². The zero-order valence-electron chi connectivity index (χ0n) is 16.4. The molecule has 23 heavy (non-hydrogen) atoms. The van der Waals surface area contributed by atoms with Crippen molar-refractivity contribution in [1.29, 1.82) is 0 Å². The standard InChI is InChI=1S/C23H46/c1-3-5-7-9-11-13-15-17-19-21-23-22-20-18-16-14-12-10-8-6-4-2/h7H,1,3-6,8-23H2,2H3. The number of unbranched alkanes of at least 4 members (excludes halogenated alkanes) is 20. The molecule has 0 heterocycles. The lowest BCUT2D eigenvalue weighted by Crippen LogP contribution is -1.84. The summed E-state index contributed by atoms with van der Waals surface area (Å²) in [5.41, 5.74) is 0. The van der Waals surface area contributed by atoms with Crippen LogP contribution in [0.25, 0.3) is 0 Å². The van der Waals surface area contributed by atoms with Crippen molar-refractivity contribution in [1.82, 2.24) is 0 Å². The van der Waals surface area contributed by atoms with E-state index in [0.717, 1.165) is 6.42 Å². The summed E-state index contributed by atoms with van der Waals surface area (Å²) in [7, 11) is 0. The molecule has 0 aromatic carbocycles. The van der Waals surface area contributed by atoms with Crippen LogP contribution in [0.2, 0.25) is 0 Å². The normalized spacial score (nSPS) is 11.2. The third kappa shape index (κ3) is 22.0. The third-order valence-electron chi connectivity index (χ3n) is 4.92. The van der Waals surface area contributed by atoms with Crippen molar-refractivity contribution in [3.63, 3.8) is 0 Å². The second kappa shape index (κ2) is 22.0. The fourth-order valence-electron chi connectivity index (χ4n) is 3.30. The Kier molecular flexibility index (Phi) is 22.0. The monoisotopic (exact) mass is 322 g/mol. The van der Waals surface area contributed by atoms with E-state index >= 15 is 0 Å². The molecule has 0 N–H and O–H groups in total. The van der Waals surface area contributed by atoms with Gasteiger partial charge in [-0.1, -0.05) is 142 Å². The SMILES string of the molecule is [CH2]CC[CH]CCCCCCCCCCCCCCCCCCC. The van der Waals surface area contributed by atoms with Crippen molar-refractivity contribution >= 4 is 0 Å². The zero-order valence-corrected chi connectivity index (χ0v) is 16.4. The number of rotatable bonds is 20. The average Bonchev–Trinajstić information content (AvgIpc) is 2.57. The molecule has 0 aromatic rings. The van der Waals surface area contributed by atoms with E-state index in [-0.39, 0.29) is 0 Å². The van der Waals surface area contributed by atoms with Gasteiger partial charge in [-0.05, 0) is 6.42 Å². The van der Waals surface area contributed by atoms with Gasteiger partial charge in [0, 0.05) is 0 Å². The van der Waals surface area contributed by atoms with Crippen molar-refractivity contribution in [2.24, 2.45) is 0 Å². The van der Waals surface area contributed by atoms with Gasteiger partial charge in [0.15, 0.2) is 0 Å². The molecule has 0 saturated carbocycles. The maximum absolute atomic E-state index is 3.87. The molecule has 0 bridgehead atoms. The van der Waals surface area contributed by atoms with E-state index in [1.165, 1.54) is 122 Å². The van der Waals surface area contributed by atoms with Gasteiger partial charge < -0.3 is 0 Å². The second-order valence-corrected chi connectivity index (χ2v) is 7.38. The topological polar surface area (TPSA) is 0 Å². The Balaban J connectivity index is 2.92. The van der Waals surface area contributed by atoms with Gasteiger partial charge in [-0.2, -0.15) is 0 Å². The van der Waals surface area contributed by atoms with Crippen LogP contribution in [0, 0.1) is 13.3 Å². The van der Waals surface area contributed by atoms with Crippen LogP contribution in [-0.2, 0) is 0 Å². The summed E-state index contributed by atoms with van der Waals surface area (Å²) in [6.45, 7) is 6.17. The summed E-state index contributed by atoms with van der Waals surface area (Å²) in [6.07, 6.45) is 30.8. The lowest BCUT2D eigenvalue weighted by atomic mass is 10.0. The van der Waals surface area contributed by atoms with E-state index in [1.807, 2.05) is 0 Å². The number of hydrogen-bond donors (Lipinski definition) is 0. The first-order valence-electron chi connectivity index (χ1n) is 11.0. The molecule has 0 unspecified atom stereocenters. The maximum atomic E-state index is 3.87. The molecule has 2 radical (unpaired) electrons. The highest BCUT2D eigenvalue weighted by molar-refractivity contribution is 4.64. The van der Waals surface area contributed by atoms with Crippen LogP contribution in [0.5, 0.6) is 0 Å². The highest BCUT2D eigenvalue weighted by Gasteiger charge is 1.95. The zero-order chi connectivity index (χ0) is 16.8. The fraction of sp³-hybridized carbons (Fsp3) is 0.913. The summed E-state index contributed by atoms with van der Waals surface area (Å²) in [4.78, 5) is 0. The predicted molar refractivity (Wildman–Crippen MR) is 108 cm³/mol. The lowest BCUT2D eigenvalue weighted by molar-refractivity contribution is 0.526. The van der Waals surface area contributed by atoms with Crippen LogP contribution in [-0.4, -0.2) is 0 Å². The highest BCUT2D eigenvalue weighted by Crippen LogP contribution is 2.14. The van der Waals surface area contributed by atoms with Crippen LogP contribution < -0.4 is 0 Å². The summed E-state index contributed by atoms with van der Waals surface area (Å²) < 4.78 is 0. The molecule has 138 valence electrons. The molecule has 0 aliphatic rings. The Morgan fingerprint density at radius 2 is 0.826 bits per heavy atom. The molecule has 0 heteroatoms. The highest BCUT2D eigenvalue weighted by atomic mass is 14.0. The molecule has 0 fully saturated rings. The van der Waals surface area contributed by atoms with Gasteiger partial charge in [-0.15, -0.1) is 0 Å². The number of hydrogen-bond acceptors (Lipinski definition) is 0. The van der Waals surface area contributed by atoms with Crippen molar-refractivity contribution < 1.29 is 0 Å². The Bertz CT molecular complexity index is 164. The Labute approximate surface area is 149 Å². The van der Waals surface area contributed by atoms with E-state index in [1.54, 1.807) is 0 Å². The van der Waals surface area contributed by atoms with Gasteiger partial charge in [-0.3, -0.25) is 0 Å². The van der Waals surface area contributed by atoms with Crippen LogP contribution in [0.4, 0.5) is 0 Å². The minimum absolute atomic E-state index is 1.07. The summed E-state index contributed by atoms with van der Waals surface area (Å²) >= 11 is 0. The molecule has 0 saturated heterocycles. The molecule has 0 aliphatic heterocycles. The first-order chi connectivity index (χ1) is 11.4. The van der Waals surface area contributed by atoms with E-state index in [9.17, 15) is 0 Å². The van der Waals surface area contributed by atoms with Gasteiger partial charge in [0.1, 0.15) is 0 Å². The molecule has 0 nitrogen and oxygen atoms in total. The van der Waals surface area contributed by atoms with Crippen LogP contribution in [0.1, 0.15) is 135 Å². The smallest absolute Gasteiger partial charge is 0.0386 e. The van der Waals surface area contributed by atoms with Gasteiger partial charge >= 0.3 is 0 Å². The summed E-state index contributed by atoms with van der Waals surface area (Å²) in [6, 6.07) is 0. The van der Waals surface area contributed by atoms with Crippen LogP contribution in [0.15, 0.2) is 0 Å². The van der Waals surface area contributed by atoms with Crippen molar-refractivity contribution in [3.05, 3.63) is 13.3 Å². The van der Waals surface area contributed by atoms with E-state index < -0.39 is 0 Å². The molecule has 0 aliphatic carbocycles. The van der Waals surface area contributed by atoms with Crippen molar-refractivity contribution in [2.75, 3.05) is 0 Å². The van der Waals surface area contributed by atoms with E-state index in [4.69, 9.17) is 0 Å². The van der Waals surface area contributed by atoms with Crippen LogP contribution in [0.3, 0.4) is 0 Å². The first kappa shape index (κ1) is 23.0. The molecule has 0 atom stereocenters. The minimum atomic E-state index is 1.07. The van der Waals surface area contributed by atoms with Gasteiger partial charge in [0.05, 0.1) is 0 Å². The van der Waals surface area contributed by atoms with Gasteiger partial charge in [0.25, 0.3) is 0 Å². The largest absolute Gasteiger partial charge is 0.0654 e. The quantitative estimate of drug-likeness (QED) is 0.196. The summed E-state index contributed by atoms with van der Waals surface area (Å²) in [5, 5.41) is 0. The van der Waals surface area contributed by atoms with Crippen molar-refractivity contribution in [3.8, 4) is 0 Å². The molecular weight excluding hydrogens is 276 g/mol. The second-order valence-electron chi connectivity index (χ2n) is 7.38. The molecule has 0 spiro atoms. The lowest BCUT2D eigenvalue weighted by Gasteiger charge is -2.03. The van der Waals surface area contributed by atoms with E-state index in [0.29, 0.717) is 0 Å². The fourth-order valence-corrected chi connectivity index (χ4v) is 3.30. The molecule has 0 aromatic heterocycles. The van der Waals surface area contributed by atoms with Crippen molar-refractivity contribution in [2.45, 2.75) is 135 Å². The third-order valence-corrected chi connectivity index (χ3v) is 4.92. The van der Waals surface area contributed by atoms with Gasteiger partial charge in [0.2, 0.25) is 0 Å². The Hall–Kier alpha value is 0. The first-order valence-corrected chi connectivity index (χ1v) is 11.0. The van der Waals surface area contributed by atoms with Gasteiger partial charge in [-0.25, -0.2) is 0 Å². The minimum Gasteiger partial charge on any atom is -0.0654 e. The molecular formula is C23H46. The maximum Gasteiger partial charge on any atom is -0.0386 e. The Morgan fingerprint density at radius 1 is 0.478 bits per heavy atom. The molecule has 0 amide bonds. The molecule has 0 rings (SSSR count). The average molecular weight is 323 g/mol. The summed E-state index contributed by atoms with van der Waals surface area (Å²) in [5.74, 6) is 0. The Morgan fingerprint density at radius 3 is 1.17 bits per heavy atom.